The predicted molar refractivity (Wildman–Crippen MR) is 138 cm³/mol. The average molecular weight is 508 g/mol. The van der Waals surface area contributed by atoms with Crippen molar-refractivity contribution in [3.63, 3.8) is 0 Å². The number of imidazole rings is 1. The normalized spacial score (nSPS) is 17.6. The minimum atomic E-state index is -3.13. The topological polar surface area (TPSA) is 105 Å². The summed E-state index contributed by atoms with van der Waals surface area (Å²) in [7, 11) is 0.693. The van der Waals surface area contributed by atoms with E-state index < -0.39 is 10.0 Å². The highest BCUT2D eigenvalue weighted by atomic mass is 32.2. The Balaban J connectivity index is 1.28. The van der Waals surface area contributed by atoms with E-state index in [1.165, 1.54) is 5.56 Å². The van der Waals surface area contributed by atoms with Gasteiger partial charge in [-0.05, 0) is 18.6 Å². The fourth-order valence-corrected chi connectivity index (χ4v) is 6.40. The number of hydrogen-bond acceptors (Lipinski definition) is 8. The van der Waals surface area contributed by atoms with Crippen molar-refractivity contribution in [1.82, 2.24) is 33.6 Å². The first-order valence-electron chi connectivity index (χ1n) is 12.1. The third kappa shape index (κ3) is 4.09. The molecule has 11 nitrogen and oxygen atoms in total. The third-order valence-corrected chi connectivity index (χ3v) is 8.89. The van der Waals surface area contributed by atoms with Crippen molar-refractivity contribution in [1.29, 1.82) is 0 Å². The van der Waals surface area contributed by atoms with Crippen LogP contribution in [0.5, 0.6) is 0 Å². The number of fused-ring (bicyclic) bond motifs is 2. The van der Waals surface area contributed by atoms with Crippen molar-refractivity contribution >= 4 is 33.0 Å². The maximum atomic E-state index is 12.2. The zero-order valence-electron chi connectivity index (χ0n) is 20.4. The van der Waals surface area contributed by atoms with E-state index in [2.05, 4.69) is 16.1 Å². The van der Waals surface area contributed by atoms with Gasteiger partial charge in [0, 0.05) is 65.0 Å². The van der Waals surface area contributed by atoms with Gasteiger partial charge in [0.1, 0.15) is 0 Å². The van der Waals surface area contributed by atoms with E-state index in [1.54, 1.807) is 10.6 Å². The number of benzene rings is 1. The highest BCUT2D eigenvalue weighted by Gasteiger charge is 2.29. The quantitative estimate of drug-likeness (QED) is 0.387. The lowest BCUT2D eigenvalue weighted by Gasteiger charge is -2.28. The number of sulfonamides is 1. The molecule has 2 aliphatic rings. The van der Waals surface area contributed by atoms with Crippen LogP contribution < -0.4 is 9.80 Å². The van der Waals surface area contributed by atoms with E-state index in [1.807, 2.05) is 58.6 Å². The first-order valence-corrected chi connectivity index (χ1v) is 13.8. The summed E-state index contributed by atoms with van der Waals surface area (Å²) in [6.07, 6.45) is 5.35. The van der Waals surface area contributed by atoms with E-state index >= 15 is 0 Å². The molecular formula is C24H29N9O2S. The summed E-state index contributed by atoms with van der Waals surface area (Å²) in [5, 5.41) is 4.81. The summed E-state index contributed by atoms with van der Waals surface area (Å²) in [5.74, 6) is 1.58. The molecule has 1 aromatic carbocycles. The molecule has 0 N–H and O–H groups in total. The first-order chi connectivity index (χ1) is 17.4. The van der Waals surface area contributed by atoms with Gasteiger partial charge >= 0.3 is 0 Å². The summed E-state index contributed by atoms with van der Waals surface area (Å²) in [4.78, 5) is 18.4. The molecule has 0 saturated carbocycles. The van der Waals surface area contributed by atoms with Gasteiger partial charge in [-0.25, -0.2) is 22.4 Å². The molecular weight excluding hydrogens is 478 g/mol. The second-order valence-electron chi connectivity index (χ2n) is 9.42. The SMILES string of the molecule is CN(CCN1CCCS1(=O)=O)c1nc(N2CCc3nn(-c4ccccc4)cc3C2)c2ncn(C)c2n1. The largest absolute Gasteiger partial charge is 0.350 e. The van der Waals surface area contributed by atoms with Crippen LogP contribution in [0, 0.1) is 0 Å². The van der Waals surface area contributed by atoms with Crippen LogP contribution >= 0.6 is 0 Å². The van der Waals surface area contributed by atoms with E-state index in [9.17, 15) is 8.42 Å². The second kappa shape index (κ2) is 8.86. The number of aromatic nitrogens is 6. The zero-order valence-corrected chi connectivity index (χ0v) is 21.3. The summed E-state index contributed by atoms with van der Waals surface area (Å²) >= 11 is 0. The van der Waals surface area contributed by atoms with Crippen LogP contribution in [-0.2, 0) is 30.0 Å². The molecule has 12 heteroatoms. The van der Waals surface area contributed by atoms with Crippen LogP contribution in [0.3, 0.4) is 0 Å². The Bertz CT molecular complexity index is 1510. The Morgan fingerprint density at radius 1 is 1.11 bits per heavy atom. The Kier molecular flexibility index (Phi) is 5.64. The maximum absolute atomic E-state index is 12.2. The van der Waals surface area contributed by atoms with Crippen molar-refractivity contribution in [2.24, 2.45) is 7.05 Å². The van der Waals surface area contributed by atoms with Crippen LogP contribution in [0.2, 0.25) is 0 Å². The van der Waals surface area contributed by atoms with Gasteiger partial charge < -0.3 is 14.4 Å². The molecule has 1 saturated heterocycles. The lowest BCUT2D eigenvalue weighted by molar-refractivity contribution is 0.448. The van der Waals surface area contributed by atoms with Gasteiger partial charge in [-0.2, -0.15) is 15.1 Å². The average Bonchev–Trinajstić information content (AvgIpc) is 3.58. The number of rotatable bonds is 6. The monoisotopic (exact) mass is 507 g/mol. The van der Waals surface area contributed by atoms with E-state index in [0.717, 1.165) is 41.3 Å². The summed E-state index contributed by atoms with van der Waals surface area (Å²) in [6, 6.07) is 10.1. The van der Waals surface area contributed by atoms with E-state index in [-0.39, 0.29) is 5.75 Å². The van der Waals surface area contributed by atoms with E-state index in [4.69, 9.17) is 15.1 Å². The summed E-state index contributed by atoms with van der Waals surface area (Å²) < 4.78 is 29.8. The number of likely N-dealkylation sites (N-methyl/N-ethyl adjacent to an activating group) is 1. The van der Waals surface area contributed by atoms with Crippen LogP contribution in [0.25, 0.3) is 16.9 Å². The highest BCUT2D eigenvalue weighted by Crippen LogP contribution is 2.30. The molecule has 1 fully saturated rings. The standard InChI is InChI=1S/C24H29N9O2S/c1-29(12-13-32-10-6-14-36(32,34)35)24-26-22-21(25-17-30(22)2)23(27-24)31-11-9-20-18(15-31)16-33(28-20)19-7-4-3-5-8-19/h3-5,7-8,16-17H,6,9-15H2,1-2H3. The Hall–Kier alpha value is -3.51. The molecule has 2 aliphatic heterocycles. The third-order valence-electron chi connectivity index (χ3n) is 6.94. The summed E-state index contributed by atoms with van der Waals surface area (Å²) in [5.41, 5.74) is 4.82. The van der Waals surface area contributed by atoms with Gasteiger partial charge in [0.15, 0.2) is 17.0 Å². The van der Waals surface area contributed by atoms with Crippen LogP contribution in [0.15, 0.2) is 42.9 Å². The molecule has 5 heterocycles. The highest BCUT2D eigenvalue weighted by molar-refractivity contribution is 7.89. The fourth-order valence-electron chi connectivity index (χ4n) is 4.88. The van der Waals surface area contributed by atoms with Gasteiger partial charge in [0.25, 0.3) is 0 Å². The van der Waals surface area contributed by atoms with Crippen molar-refractivity contribution in [3.05, 3.63) is 54.1 Å². The first kappa shape index (κ1) is 22.9. The van der Waals surface area contributed by atoms with Crippen molar-refractivity contribution in [2.45, 2.75) is 19.4 Å². The van der Waals surface area contributed by atoms with Crippen LogP contribution in [0.1, 0.15) is 17.7 Å². The molecule has 0 spiro atoms. The molecule has 36 heavy (non-hydrogen) atoms. The molecule has 0 aliphatic carbocycles. The number of nitrogens with zero attached hydrogens (tertiary/aromatic N) is 9. The number of anilines is 2. The predicted octanol–water partition coefficient (Wildman–Crippen LogP) is 1.58. The molecule has 3 aromatic heterocycles. The van der Waals surface area contributed by atoms with Gasteiger partial charge in [0.05, 0.1) is 23.5 Å². The van der Waals surface area contributed by atoms with Crippen molar-refractivity contribution in [2.75, 3.05) is 48.8 Å². The Morgan fingerprint density at radius 2 is 1.94 bits per heavy atom. The van der Waals surface area contributed by atoms with Gasteiger partial charge in [-0.3, -0.25) is 0 Å². The molecule has 0 bridgehead atoms. The Morgan fingerprint density at radius 3 is 2.72 bits per heavy atom. The van der Waals surface area contributed by atoms with Gasteiger partial charge in [0.2, 0.25) is 16.0 Å². The molecule has 0 atom stereocenters. The lowest BCUT2D eigenvalue weighted by atomic mass is 10.1. The zero-order chi connectivity index (χ0) is 24.9. The molecule has 188 valence electrons. The molecule has 6 rings (SSSR count). The lowest BCUT2D eigenvalue weighted by Crippen LogP contribution is -2.35. The molecule has 0 radical (unpaired) electrons. The van der Waals surface area contributed by atoms with Crippen molar-refractivity contribution < 1.29 is 8.42 Å². The molecule has 0 unspecified atom stereocenters. The second-order valence-corrected chi connectivity index (χ2v) is 11.5. The smallest absolute Gasteiger partial charge is 0.229 e. The maximum Gasteiger partial charge on any atom is 0.229 e. The van der Waals surface area contributed by atoms with Crippen LogP contribution in [0.4, 0.5) is 11.8 Å². The summed E-state index contributed by atoms with van der Waals surface area (Å²) in [6.45, 7) is 2.97. The fraction of sp³-hybridized carbons (Fsp3) is 0.417. The van der Waals surface area contributed by atoms with Gasteiger partial charge in [-0.15, -0.1) is 0 Å². The number of para-hydroxylation sites is 1. The van der Waals surface area contributed by atoms with E-state index in [0.29, 0.717) is 38.5 Å². The number of aryl methyl sites for hydroxylation is 1. The molecule has 0 amide bonds. The molecule has 4 aromatic rings. The van der Waals surface area contributed by atoms with Crippen LogP contribution in [-0.4, -0.2) is 81.0 Å². The van der Waals surface area contributed by atoms with Crippen molar-refractivity contribution in [3.8, 4) is 5.69 Å². The Labute approximate surface area is 210 Å². The minimum absolute atomic E-state index is 0.232. The minimum Gasteiger partial charge on any atom is -0.350 e. The number of hydrogen-bond donors (Lipinski definition) is 0. The van der Waals surface area contributed by atoms with Gasteiger partial charge in [-0.1, -0.05) is 18.2 Å².